The lowest BCUT2D eigenvalue weighted by atomic mass is 9.86. The van der Waals surface area contributed by atoms with Crippen molar-refractivity contribution in [3.8, 4) is 0 Å². The number of nitrogens with zero attached hydrogens (tertiary/aromatic N) is 3. The number of hydrogen-bond donors (Lipinski definition) is 0. The third-order valence-electron chi connectivity index (χ3n) is 4.46. The summed E-state index contributed by atoms with van der Waals surface area (Å²) < 4.78 is 24.6. The lowest BCUT2D eigenvalue weighted by molar-refractivity contribution is -0.152. The molecule has 2 rings (SSSR count). The summed E-state index contributed by atoms with van der Waals surface area (Å²) in [6, 6.07) is 8.00. The van der Waals surface area contributed by atoms with Crippen LogP contribution < -0.4 is 0 Å². The van der Waals surface area contributed by atoms with Gasteiger partial charge in [-0.3, -0.25) is 9.67 Å². The van der Waals surface area contributed by atoms with E-state index >= 15 is 0 Å². The summed E-state index contributed by atoms with van der Waals surface area (Å²) in [6.45, 7) is 6.48. The highest BCUT2D eigenvalue weighted by Gasteiger charge is 2.22. The van der Waals surface area contributed by atoms with Gasteiger partial charge >= 0.3 is 5.97 Å². The molecule has 0 atom stereocenters. The second-order valence-corrected chi connectivity index (χ2v) is 8.12. The number of allylic oxidation sites excluding steroid dienone is 1. The van der Waals surface area contributed by atoms with Crippen LogP contribution in [0.25, 0.3) is 11.3 Å². The van der Waals surface area contributed by atoms with E-state index < -0.39 is 19.4 Å². The summed E-state index contributed by atoms with van der Waals surface area (Å²) in [6.07, 6.45) is 1.64. The average Bonchev–Trinajstić information content (AvgIpc) is 2.95. The van der Waals surface area contributed by atoms with E-state index in [-0.39, 0.29) is 5.41 Å². The summed E-state index contributed by atoms with van der Waals surface area (Å²) in [7, 11) is 3.37. The lowest BCUT2D eigenvalue weighted by Gasteiger charge is -2.20. The van der Waals surface area contributed by atoms with Crippen molar-refractivity contribution in [1.29, 1.82) is 0 Å². The van der Waals surface area contributed by atoms with Gasteiger partial charge < -0.3 is 9.47 Å². The van der Waals surface area contributed by atoms with E-state index in [2.05, 4.69) is 30.9 Å². The molecule has 8 heteroatoms. The Kier molecular flexibility index (Phi) is 7.78. The molecule has 0 aliphatic rings. The van der Waals surface area contributed by atoms with Gasteiger partial charge in [-0.05, 0) is 23.5 Å². The van der Waals surface area contributed by atoms with E-state index in [1.807, 2.05) is 24.3 Å². The van der Waals surface area contributed by atoms with Crippen LogP contribution in [0.15, 0.2) is 29.3 Å². The highest BCUT2D eigenvalue weighted by atomic mass is 35.5. The topological polar surface area (TPSA) is 65.7 Å². The molecule has 0 fully saturated rings. The molecular weight excluding hydrogens is 409 g/mol. The lowest BCUT2D eigenvalue weighted by Crippen LogP contribution is -2.12. The summed E-state index contributed by atoms with van der Waals surface area (Å²) in [5.41, 5.74) is 3.75. The highest BCUT2D eigenvalue weighted by molar-refractivity contribution is 6.33. The summed E-state index contributed by atoms with van der Waals surface area (Å²) in [5.74, 6) is -0.689. The van der Waals surface area contributed by atoms with Gasteiger partial charge in [0.05, 0.1) is 10.7 Å². The molecule has 0 N–H and O–H groups in total. The van der Waals surface area contributed by atoms with Crippen molar-refractivity contribution in [3.05, 3.63) is 51.8 Å². The maximum atomic E-state index is 12.4. The minimum absolute atomic E-state index is 0.00358. The molecule has 0 spiro atoms. The van der Waals surface area contributed by atoms with Crippen LogP contribution in [0.4, 0.5) is 4.39 Å². The van der Waals surface area contributed by atoms with Gasteiger partial charge in [-0.2, -0.15) is 5.10 Å². The molecule has 0 aliphatic carbocycles. The molecule has 2 aromatic rings. The van der Waals surface area contributed by atoms with E-state index in [1.54, 1.807) is 31.9 Å². The van der Waals surface area contributed by atoms with Crippen molar-refractivity contribution in [3.63, 3.8) is 0 Å². The number of alkyl halides is 1. The molecule has 0 saturated heterocycles. The second kappa shape index (κ2) is 9.89. The number of aliphatic imine (C=N–C) groups is 1. The largest absolute Gasteiger partial charge is 0.454 e. The van der Waals surface area contributed by atoms with Gasteiger partial charge in [0.1, 0.15) is 5.69 Å². The van der Waals surface area contributed by atoms with E-state index in [9.17, 15) is 9.18 Å². The molecule has 0 unspecified atom stereocenters. The molecule has 30 heavy (non-hydrogen) atoms. The number of ether oxygens (including phenoxy) is 2. The van der Waals surface area contributed by atoms with Crippen LogP contribution in [0.1, 0.15) is 43.3 Å². The van der Waals surface area contributed by atoms with Crippen LogP contribution >= 0.6 is 11.6 Å². The molecule has 0 amide bonds. The quantitative estimate of drug-likeness (QED) is 0.273. The first kappa shape index (κ1) is 23.6. The summed E-state index contributed by atoms with van der Waals surface area (Å²) in [5, 5.41) is 4.73. The molecule has 0 bridgehead atoms. The number of esters is 1. The Morgan fingerprint density at radius 1 is 1.27 bits per heavy atom. The zero-order chi connectivity index (χ0) is 22.5. The molecule has 1 aromatic carbocycles. The Bertz CT molecular complexity index is 957. The minimum Gasteiger partial charge on any atom is -0.454 e. The molecule has 162 valence electrons. The highest BCUT2D eigenvalue weighted by Crippen LogP contribution is 2.33. The standard InChI is InChI=1S/C22H27ClFN3O3/c1-14-19(23)20(27(6)26-14)21(30-13-29-18(28)11-24)17(12-25-5)15-7-9-16(10-8-15)22(2,3)4/h7-10,12H,11,13H2,1-6H3/b21-17-,25-12-. The maximum Gasteiger partial charge on any atom is 0.340 e. The van der Waals surface area contributed by atoms with Gasteiger partial charge in [0.25, 0.3) is 0 Å². The van der Waals surface area contributed by atoms with Crippen LogP contribution in [-0.4, -0.2) is 42.5 Å². The second-order valence-electron chi connectivity index (χ2n) is 7.74. The molecular formula is C22H27ClFN3O3. The Hall–Kier alpha value is -2.67. The van der Waals surface area contributed by atoms with Crippen molar-refractivity contribution in [2.24, 2.45) is 12.0 Å². The molecule has 0 aliphatic heterocycles. The van der Waals surface area contributed by atoms with E-state index in [0.29, 0.717) is 27.7 Å². The summed E-state index contributed by atoms with van der Waals surface area (Å²) >= 11 is 6.48. The number of aromatic nitrogens is 2. The Morgan fingerprint density at radius 2 is 1.90 bits per heavy atom. The molecule has 1 heterocycles. The van der Waals surface area contributed by atoms with E-state index in [1.165, 1.54) is 5.56 Å². The van der Waals surface area contributed by atoms with E-state index in [0.717, 1.165) is 5.56 Å². The van der Waals surface area contributed by atoms with Gasteiger partial charge in [0.15, 0.2) is 12.4 Å². The first-order valence-electron chi connectivity index (χ1n) is 9.41. The zero-order valence-electron chi connectivity index (χ0n) is 18.1. The van der Waals surface area contributed by atoms with Gasteiger partial charge in [0, 0.05) is 25.9 Å². The first-order chi connectivity index (χ1) is 14.1. The third-order valence-corrected chi connectivity index (χ3v) is 4.91. The monoisotopic (exact) mass is 435 g/mol. The molecule has 0 radical (unpaired) electrons. The van der Waals surface area contributed by atoms with Crippen molar-refractivity contribution in [1.82, 2.24) is 9.78 Å². The fourth-order valence-corrected chi connectivity index (χ4v) is 3.13. The number of hydrogen-bond acceptors (Lipinski definition) is 5. The predicted octanol–water partition coefficient (Wildman–Crippen LogP) is 4.74. The van der Waals surface area contributed by atoms with Crippen LogP contribution in [0.3, 0.4) is 0 Å². The van der Waals surface area contributed by atoms with Crippen molar-refractivity contribution in [2.45, 2.75) is 33.1 Å². The van der Waals surface area contributed by atoms with Crippen LogP contribution in [0, 0.1) is 6.92 Å². The van der Waals surface area contributed by atoms with Crippen molar-refractivity contribution < 1.29 is 18.7 Å². The minimum atomic E-state index is -1.23. The molecule has 1 aromatic heterocycles. The fraction of sp³-hybridized carbons (Fsp3) is 0.409. The normalized spacial score (nSPS) is 12.8. The Labute approximate surface area is 181 Å². The third kappa shape index (κ3) is 5.48. The fourth-order valence-electron chi connectivity index (χ4n) is 2.89. The van der Waals surface area contributed by atoms with Crippen molar-refractivity contribution >= 4 is 35.1 Å². The number of carbonyl (C=O) groups is 1. The Morgan fingerprint density at radius 3 is 2.37 bits per heavy atom. The predicted molar refractivity (Wildman–Crippen MR) is 117 cm³/mol. The number of rotatable bonds is 7. The molecule has 6 nitrogen and oxygen atoms in total. The Balaban J connectivity index is 2.63. The van der Waals surface area contributed by atoms with Crippen LogP contribution in [0.2, 0.25) is 5.02 Å². The summed E-state index contributed by atoms with van der Waals surface area (Å²) in [4.78, 5) is 15.4. The van der Waals surface area contributed by atoms with Gasteiger partial charge in [-0.15, -0.1) is 0 Å². The first-order valence-corrected chi connectivity index (χ1v) is 9.79. The molecule has 0 saturated carbocycles. The van der Waals surface area contributed by atoms with Crippen LogP contribution in [-0.2, 0) is 26.7 Å². The number of carbonyl (C=O) groups excluding carboxylic acids is 1. The van der Waals surface area contributed by atoms with Crippen LogP contribution in [0.5, 0.6) is 0 Å². The van der Waals surface area contributed by atoms with Crippen molar-refractivity contribution in [2.75, 3.05) is 20.5 Å². The smallest absolute Gasteiger partial charge is 0.340 e. The average molecular weight is 436 g/mol. The van der Waals surface area contributed by atoms with Gasteiger partial charge in [0.2, 0.25) is 6.79 Å². The zero-order valence-corrected chi connectivity index (χ0v) is 18.9. The van der Waals surface area contributed by atoms with Gasteiger partial charge in [-0.25, -0.2) is 9.18 Å². The number of benzene rings is 1. The van der Waals surface area contributed by atoms with Gasteiger partial charge in [-0.1, -0.05) is 56.6 Å². The SMILES string of the molecule is C/N=C\C(=C(\OCOC(=O)CF)c1c(Cl)c(C)nn1C)c1ccc(C(C)(C)C)cc1. The number of halogens is 2. The van der Waals surface area contributed by atoms with E-state index in [4.69, 9.17) is 21.1 Å². The maximum absolute atomic E-state index is 12.4. The number of aryl methyl sites for hydroxylation is 2.